The maximum absolute atomic E-state index is 12.6. The molecule has 3 N–H and O–H groups in total. The van der Waals surface area contributed by atoms with Gasteiger partial charge < -0.3 is 20.4 Å². The first-order valence-electron chi connectivity index (χ1n) is 10.1. The van der Waals surface area contributed by atoms with E-state index in [2.05, 4.69) is 20.3 Å². The molecule has 2 aromatic heterocycles. The topological polar surface area (TPSA) is 128 Å². The number of nitrogens with one attached hydrogen (secondary N) is 3. The third-order valence-electron chi connectivity index (χ3n) is 5.28. The highest BCUT2D eigenvalue weighted by molar-refractivity contribution is 5.83. The lowest BCUT2D eigenvalue weighted by molar-refractivity contribution is 0.0904. The summed E-state index contributed by atoms with van der Waals surface area (Å²) in [5.74, 6) is 0.942. The van der Waals surface area contributed by atoms with Crippen LogP contribution >= 0.6 is 0 Å². The van der Waals surface area contributed by atoms with Crippen molar-refractivity contribution in [2.24, 2.45) is 0 Å². The lowest BCUT2D eigenvalue weighted by Crippen LogP contribution is -2.30. The molecule has 1 saturated heterocycles. The third-order valence-corrected chi connectivity index (χ3v) is 5.28. The van der Waals surface area contributed by atoms with Crippen LogP contribution < -0.4 is 10.9 Å². The maximum atomic E-state index is 12.6. The van der Waals surface area contributed by atoms with Crippen molar-refractivity contribution < 1.29 is 4.74 Å². The molecule has 1 aliphatic heterocycles. The molecule has 0 saturated carbocycles. The number of aromatic amines is 1. The minimum Gasteiger partial charge on any atom is -0.381 e. The standard InChI is InChI=1S/C23H22N6O2/c24-12-18-6-5-16(14-26-18)19-4-2-1-3-15(19)11-21-28-22(20(13-25)23(30)29-21)27-17-7-9-31-10-8-17/h1-6,13-14,17,25H,7-11H2,(H2,27,28,29,30). The molecule has 1 aromatic carbocycles. The molecule has 3 aromatic rings. The lowest BCUT2D eigenvalue weighted by atomic mass is 9.98. The number of hydrogen-bond donors (Lipinski definition) is 3. The zero-order valence-electron chi connectivity index (χ0n) is 16.9. The van der Waals surface area contributed by atoms with Crippen LogP contribution in [0.5, 0.6) is 0 Å². The fraction of sp³-hybridized carbons (Fsp3) is 0.261. The summed E-state index contributed by atoms with van der Waals surface area (Å²) in [6.45, 7) is 1.33. The Morgan fingerprint density at radius 3 is 2.77 bits per heavy atom. The number of nitrogens with zero attached hydrogens (tertiary/aromatic N) is 3. The van der Waals surface area contributed by atoms with E-state index in [0.717, 1.165) is 35.7 Å². The van der Waals surface area contributed by atoms with Crippen LogP contribution in [-0.2, 0) is 11.2 Å². The highest BCUT2D eigenvalue weighted by atomic mass is 16.5. The molecule has 1 fully saturated rings. The molecule has 0 bridgehead atoms. The van der Waals surface area contributed by atoms with Crippen molar-refractivity contribution >= 4 is 12.0 Å². The van der Waals surface area contributed by atoms with Crippen LogP contribution in [0.2, 0.25) is 0 Å². The Morgan fingerprint density at radius 1 is 1.26 bits per heavy atom. The minimum atomic E-state index is -0.341. The average molecular weight is 414 g/mol. The van der Waals surface area contributed by atoms with Gasteiger partial charge in [-0.05, 0) is 36.1 Å². The number of anilines is 1. The van der Waals surface area contributed by atoms with E-state index in [1.807, 2.05) is 36.4 Å². The lowest BCUT2D eigenvalue weighted by Gasteiger charge is -2.24. The average Bonchev–Trinajstić information content (AvgIpc) is 2.80. The summed E-state index contributed by atoms with van der Waals surface area (Å²) < 4.78 is 5.39. The normalized spacial score (nSPS) is 14.0. The van der Waals surface area contributed by atoms with Gasteiger partial charge in [0.2, 0.25) is 0 Å². The van der Waals surface area contributed by atoms with E-state index in [4.69, 9.17) is 15.4 Å². The van der Waals surface area contributed by atoms with Gasteiger partial charge in [-0.3, -0.25) is 4.79 Å². The zero-order valence-corrected chi connectivity index (χ0v) is 16.9. The summed E-state index contributed by atoms with van der Waals surface area (Å²) in [5.41, 5.74) is 3.05. The molecule has 0 radical (unpaired) electrons. The highest BCUT2D eigenvalue weighted by Gasteiger charge is 2.18. The largest absolute Gasteiger partial charge is 0.381 e. The van der Waals surface area contributed by atoms with Gasteiger partial charge >= 0.3 is 0 Å². The van der Waals surface area contributed by atoms with Crippen LogP contribution in [0.3, 0.4) is 0 Å². The van der Waals surface area contributed by atoms with Crippen LogP contribution in [-0.4, -0.2) is 40.4 Å². The summed E-state index contributed by atoms with van der Waals surface area (Å²) in [7, 11) is 0. The number of hydrogen-bond acceptors (Lipinski definition) is 7. The van der Waals surface area contributed by atoms with E-state index in [9.17, 15) is 4.79 Å². The summed E-state index contributed by atoms with van der Waals surface area (Å²) in [5, 5.41) is 19.9. The number of benzene rings is 1. The molecule has 0 amide bonds. The summed E-state index contributed by atoms with van der Waals surface area (Å²) in [6.07, 6.45) is 4.77. The van der Waals surface area contributed by atoms with E-state index in [0.29, 0.717) is 37.0 Å². The van der Waals surface area contributed by atoms with Gasteiger partial charge in [-0.25, -0.2) is 9.97 Å². The molecular weight excluding hydrogens is 392 g/mol. The number of H-pyrrole nitrogens is 1. The number of nitriles is 1. The van der Waals surface area contributed by atoms with E-state index < -0.39 is 0 Å². The van der Waals surface area contributed by atoms with Gasteiger partial charge in [0.25, 0.3) is 5.56 Å². The van der Waals surface area contributed by atoms with E-state index in [1.54, 1.807) is 12.3 Å². The Balaban J connectivity index is 1.66. The molecule has 0 unspecified atom stereocenters. The molecular formula is C23H22N6O2. The molecule has 4 rings (SSSR count). The van der Waals surface area contributed by atoms with Crippen molar-refractivity contribution in [2.75, 3.05) is 18.5 Å². The van der Waals surface area contributed by atoms with Crippen LogP contribution in [0.15, 0.2) is 47.4 Å². The predicted molar refractivity (Wildman–Crippen MR) is 117 cm³/mol. The summed E-state index contributed by atoms with van der Waals surface area (Å²) >= 11 is 0. The fourth-order valence-electron chi connectivity index (χ4n) is 3.65. The first-order chi connectivity index (χ1) is 15.2. The van der Waals surface area contributed by atoms with Crippen molar-refractivity contribution in [3.8, 4) is 17.2 Å². The molecule has 0 spiro atoms. The Bertz CT molecular complexity index is 1170. The van der Waals surface area contributed by atoms with Gasteiger partial charge in [-0.2, -0.15) is 5.26 Å². The van der Waals surface area contributed by atoms with Crippen molar-refractivity contribution in [1.82, 2.24) is 15.0 Å². The second-order valence-electron chi connectivity index (χ2n) is 7.33. The van der Waals surface area contributed by atoms with Gasteiger partial charge in [0.05, 0.1) is 5.56 Å². The van der Waals surface area contributed by atoms with Crippen molar-refractivity contribution in [1.29, 1.82) is 10.7 Å². The quantitative estimate of drug-likeness (QED) is 0.532. The highest BCUT2D eigenvalue weighted by Crippen LogP contribution is 2.25. The molecule has 0 aliphatic carbocycles. The van der Waals surface area contributed by atoms with Crippen LogP contribution in [0.4, 0.5) is 5.82 Å². The zero-order chi connectivity index (χ0) is 21.6. The molecule has 3 heterocycles. The SMILES string of the molecule is N#Cc1ccc(-c2ccccc2Cc2nc(NC3CCOCC3)c(C=N)c(=O)[nH]2)cn1. The van der Waals surface area contributed by atoms with Crippen LogP contribution in [0, 0.1) is 16.7 Å². The molecule has 0 atom stereocenters. The monoisotopic (exact) mass is 414 g/mol. The first-order valence-corrected chi connectivity index (χ1v) is 10.1. The van der Waals surface area contributed by atoms with Gasteiger partial charge in [0, 0.05) is 43.7 Å². The van der Waals surface area contributed by atoms with Crippen LogP contribution in [0.1, 0.15) is 35.5 Å². The van der Waals surface area contributed by atoms with Crippen LogP contribution in [0.25, 0.3) is 11.1 Å². The van der Waals surface area contributed by atoms with Gasteiger partial charge in [-0.1, -0.05) is 24.3 Å². The smallest absolute Gasteiger partial charge is 0.261 e. The van der Waals surface area contributed by atoms with E-state index in [-0.39, 0.29) is 17.2 Å². The second kappa shape index (κ2) is 9.32. The maximum Gasteiger partial charge on any atom is 0.261 e. The Labute approximate surface area is 179 Å². The summed E-state index contributed by atoms with van der Waals surface area (Å²) in [4.78, 5) is 24.2. The van der Waals surface area contributed by atoms with Gasteiger partial charge in [0.15, 0.2) is 0 Å². The molecule has 156 valence electrons. The Hall–Kier alpha value is -3.83. The Kier molecular flexibility index (Phi) is 6.15. The van der Waals surface area contributed by atoms with E-state index >= 15 is 0 Å². The van der Waals surface area contributed by atoms with Crippen molar-refractivity contribution in [3.05, 3.63) is 75.6 Å². The van der Waals surface area contributed by atoms with Gasteiger partial charge in [0.1, 0.15) is 23.4 Å². The number of pyridine rings is 1. The number of aromatic nitrogens is 3. The van der Waals surface area contributed by atoms with Crippen molar-refractivity contribution in [2.45, 2.75) is 25.3 Å². The molecule has 31 heavy (non-hydrogen) atoms. The number of rotatable bonds is 6. The second-order valence-corrected chi connectivity index (χ2v) is 7.33. The number of ether oxygens (including phenoxy) is 1. The summed E-state index contributed by atoms with van der Waals surface area (Å²) in [6, 6.07) is 13.5. The third kappa shape index (κ3) is 4.68. The van der Waals surface area contributed by atoms with Crippen molar-refractivity contribution in [3.63, 3.8) is 0 Å². The minimum absolute atomic E-state index is 0.159. The predicted octanol–water partition coefficient (Wildman–Crippen LogP) is 2.88. The first kappa shape index (κ1) is 20.4. The molecule has 8 nitrogen and oxygen atoms in total. The molecule has 8 heteroatoms. The fourth-order valence-corrected chi connectivity index (χ4v) is 3.65. The van der Waals surface area contributed by atoms with E-state index in [1.165, 1.54) is 0 Å². The Morgan fingerprint density at radius 2 is 2.06 bits per heavy atom. The molecule has 1 aliphatic rings. The van der Waals surface area contributed by atoms with Gasteiger partial charge in [-0.15, -0.1) is 0 Å².